The smallest absolute Gasteiger partial charge is 0.329 e. The fraction of sp³-hybridized carbons (Fsp3) is 0.625. The Kier molecular flexibility index (Phi) is 6.09. The molecule has 0 heterocycles. The summed E-state index contributed by atoms with van der Waals surface area (Å²) in [6.07, 6.45) is 3.46. The van der Waals surface area contributed by atoms with Crippen molar-refractivity contribution in [1.29, 1.82) is 0 Å². The number of aliphatic hydroxyl groups is 1. The Balaban J connectivity index is 3.26. The van der Waals surface area contributed by atoms with E-state index in [9.17, 15) is 4.79 Å². The SMILES string of the molecule is CCC(O)CCN/C=C/C(=O)O. The van der Waals surface area contributed by atoms with Crippen LogP contribution >= 0.6 is 0 Å². The molecular formula is C8H15NO3. The van der Waals surface area contributed by atoms with E-state index in [-0.39, 0.29) is 6.10 Å². The predicted molar refractivity (Wildman–Crippen MR) is 45.7 cm³/mol. The van der Waals surface area contributed by atoms with Gasteiger partial charge < -0.3 is 15.5 Å². The Morgan fingerprint density at radius 1 is 1.67 bits per heavy atom. The highest BCUT2D eigenvalue weighted by atomic mass is 16.4. The summed E-state index contributed by atoms with van der Waals surface area (Å²) in [7, 11) is 0. The Bertz CT molecular complexity index is 156. The molecule has 12 heavy (non-hydrogen) atoms. The van der Waals surface area contributed by atoms with Crippen molar-refractivity contribution in [3.8, 4) is 0 Å². The largest absolute Gasteiger partial charge is 0.478 e. The number of carbonyl (C=O) groups is 1. The maximum atomic E-state index is 9.98. The Morgan fingerprint density at radius 3 is 2.83 bits per heavy atom. The molecule has 1 unspecified atom stereocenters. The van der Waals surface area contributed by atoms with E-state index in [1.165, 1.54) is 6.20 Å². The highest BCUT2D eigenvalue weighted by Gasteiger charge is 1.97. The molecule has 0 saturated carbocycles. The van der Waals surface area contributed by atoms with Gasteiger partial charge in [0.2, 0.25) is 0 Å². The lowest BCUT2D eigenvalue weighted by Gasteiger charge is -2.05. The van der Waals surface area contributed by atoms with Gasteiger partial charge in [-0.2, -0.15) is 0 Å². The summed E-state index contributed by atoms with van der Waals surface area (Å²) in [5, 5.41) is 20.0. The van der Waals surface area contributed by atoms with E-state index >= 15 is 0 Å². The zero-order valence-corrected chi connectivity index (χ0v) is 7.16. The summed E-state index contributed by atoms with van der Waals surface area (Å²) in [4.78, 5) is 9.98. The third kappa shape index (κ3) is 7.08. The van der Waals surface area contributed by atoms with Crippen molar-refractivity contribution < 1.29 is 15.0 Å². The number of rotatable bonds is 6. The van der Waals surface area contributed by atoms with Crippen molar-refractivity contribution in [2.75, 3.05) is 6.54 Å². The third-order valence-corrected chi connectivity index (χ3v) is 1.44. The molecule has 0 aliphatic rings. The van der Waals surface area contributed by atoms with Gasteiger partial charge in [0.15, 0.2) is 0 Å². The molecule has 0 aromatic rings. The second kappa shape index (κ2) is 6.67. The van der Waals surface area contributed by atoms with Gasteiger partial charge in [-0.25, -0.2) is 4.79 Å². The van der Waals surface area contributed by atoms with Crippen LogP contribution in [0.3, 0.4) is 0 Å². The van der Waals surface area contributed by atoms with E-state index in [2.05, 4.69) is 5.32 Å². The molecule has 4 heteroatoms. The van der Waals surface area contributed by atoms with Gasteiger partial charge in [-0.1, -0.05) is 6.92 Å². The zero-order valence-electron chi connectivity index (χ0n) is 7.16. The topological polar surface area (TPSA) is 69.6 Å². The standard InChI is InChI=1S/C8H15NO3/c1-2-7(10)3-5-9-6-4-8(11)12/h4,6-7,9-10H,2-3,5H2,1H3,(H,11,12)/b6-4+. The minimum absolute atomic E-state index is 0.296. The number of carboxylic acid groups (broad SMARTS) is 1. The van der Waals surface area contributed by atoms with Crippen molar-refractivity contribution >= 4 is 5.97 Å². The first-order chi connectivity index (χ1) is 5.66. The van der Waals surface area contributed by atoms with E-state index in [4.69, 9.17) is 10.2 Å². The van der Waals surface area contributed by atoms with Crippen molar-refractivity contribution in [2.45, 2.75) is 25.9 Å². The van der Waals surface area contributed by atoms with Crippen molar-refractivity contribution in [1.82, 2.24) is 5.32 Å². The first-order valence-electron chi connectivity index (χ1n) is 3.97. The van der Waals surface area contributed by atoms with Gasteiger partial charge in [-0.15, -0.1) is 0 Å². The van der Waals surface area contributed by atoms with Crippen LogP contribution in [-0.4, -0.2) is 28.8 Å². The number of carboxylic acids is 1. The van der Waals surface area contributed by atoms with Crippen LogP contribution in [0.1, 0.15) is 19.8 Å². The highest BCUT2D eigenvalue weighted by molar-refractivity contribution is 5.79. The monoisotopic (exact) mass is 173 g/mol. The van der Waals surface area contributed by atoms with E-state index in [1.54, 1.807) is 0 Å². The lowest BCUT2D eigenvalue weighted by Crippen LogP contribution is -2.15. The highest BCUT2D eigenvalue weighted by Crippen LogP contribution is 1.93. The normalized spacial score (nSPS) is 13.2. The van der Waals surface area contributed by atoms with E-state index in [1.807, 2.05) is 6.92 Å². The number of hydrogen-bond acceptors (Lipinski definition) is 3. The minimum Gasteiger partial charge on any atom is -0.478 e. The van der Waals surface area contributed by atoms with Gasteiger partial charge in [0.05, 0.1) is 6.10 Å². The Hall–Kier alpha value is -1.03. The molecule has 70 valence electrons. The molecule has 0 aromatic carbocycles. The summed E-state index contributed by atoms with van der Waals surface area (Å²) in [6.45, 7) is 2.50. The quantitative estimate of drug-likeness (QED) is 0.400. The van der Waals surface area contributed by atoms with Crippen LogP contribution in [0.4, 0.5) is 0 Å². The van der Waals surface area contributed by atoms with Gasteiger partial charge in [0, 0.05) is 18.8 Å². The molecule has 0 aliphatic carbocycles. The van der Waals surface area contributed by atoms with Crippen molar-refractivity contribution in [2.24, 2.45) is 0 Å². The van der Waals surface area contributed by atoms with Crippen molar-refractivity contribution in [3.63, 3.8) is 0 Å². The molecule has 0 aliphatic heterocycles. The van der Waals surface area contributed by atoms with E-state index in [0.717, 1.165) is 12.5 Å². The molecule has 0 bridgehead atoms. The molecule has 0 saturated heterocycles. The molecule has 1 atom stereocenters. The lowest BCUT2D eigenvalue weighted by atomic mass is 10.2. The third-order valence-electron chi connectivity index (χ3n) is 1.44. The van der Waals surface area contributed by atoms with E-state index < -0.39 is 5.97 Å². The predicted octanol–water partition coefficient (Wildman–Crippen LogP) is 0.335. The minimum atomic E-state index is -0.974. The van der Waals surface area contributed by atoms with Gasteiger partial charge >= 0.3 is 5.97 Å². The summed E-state index contributed by atoms with van der Waals surface area (Å²) >= 11 is 0. The van der Waals surface area contributed by atoms with Crippen LogP contribution in [0, 0.1) is 0 Å². The fourth-order valence-electron chi connectivity index (χ4n) is 0.668. The van der Waals surface area contributed by atoms with Gasteiger partial charge in [-0.3, -0.25) is 0 Å². The molecule has 4 nitrogen and oxygen atoms in total. The first kappa shape index (κ1) is 11.0. The molecular weight excluding hydrogens is 158 g/mol. The molecule has 0 rings (SSSR count). The second-order valence-corrected chi connectivity index (χ2v) is 2.48. The second-order valence-electron chi connectivity index (χ2n) is 2.48. The molecule has 0 spiro atoms. The maximum absolute atomic E-state index is 9.98. The van der Waals surface area contributed by atoms with Crippen molar-refractivity contribution in [3.05, 3.63) is 12.3 Å². The van der Waals surface area contributed by atoms with Crippen LogP contribution in [0.2, 0.25) is 0 Å². The lowest BCUT2D eigenvalue weighted by molar-refractivity contribution is -0.131. The molecule has 0 amide bonds. The first-order valence-corrected chi connectivity index (χ1v) is 3.97. The number of aliphatic hydroxyl groups excluding tert-OH is 1. The molecule has 0 fully saturated rings. The van der Waals surface area contributed by atoms with Crippen LogP contribution in [0.25, 0.3) is 0 Å². The zero-order chi connectivity index (χ0) is 9.40. The van der Waals surface area contributed by atoms with Gasteiger partial charge in [0.1, 0.15) is 0 Å². The van der Waals surface area contributed by atoms with Crippen LogP contribution in [-0.2, 0) is 4.79 Å². The van der Waals surface area contributed by atoms with E-state index in [0.29, 0.717) is 13.0 Å². The van der Waals surface area contributed by atoms with Crippen LogP contribution < -0.4 is 5.32 Å². The van der Waals surface area contributed by atoms with Gasteiger partial charge in [0.25, 0.3) is 0 Å². The molecule has 0 aromatic heterocycles. The molecule has 0 radical (unpaired) electrons. The average molecular weight is 173 g/mol. The average Bonchev–Trinajstić information content (AvgIpc) is 2.03. The number of aliphatic carboxylic acids is 1. The van der Waals surface area contributed by atoms with Crippen LogP contribution in [0.5, 0.6) is 0 Å². The summed E-state index contributed by atoms with van der Waals surface area (Å²) < 4.78 is 0. The summed E-state index contributed by atoms with van der Waals surface area (Å²) in [6, 6.07) is 0. The summed E-state index contributed by atoms with van der Waals surface area (Å²) in [5.74, 6) is -0.974. The van der Waals surface area contributed by atoms with Gasteiger partial charge in [-0.05, 0) is 12.8 Å². The number of nitrogens with one attached hydrogen (secondary N) is 1. The number of hydrogen-bond donors (Lipinski definition) is 3. The fourth-order valence-corrected chi connectivity index (χ4v) is 0.668. The Morgan fingerprint density at radius 2 is 2.33 bits per heavy atom. The molecule has 3 N–H and O–H groups in total. The van der Waals surface area contributed by atoms with Crippen LogP contribution in [0.15, 0.2) is 12.3 Å². The maximum Gasteiger partial charge on any atom is 0.329 e. The summed E-state index contributed by atoms with van der Waals surface area (Å²) in [5.41, 5.74) is 0. The Labute approximate surface area is 71.9 Å².